The second kappa shape index (κ2) is 13.2. The first-order valence-corrected chi connectivity index (χ1v) is 20.3. The Labute approximate surface area is 343 Å². The Morgan fingerprint density at radius 2 is 0.881 bits per heavy atom. The van der Waals surface area contributed by atoms with Crippen LogP contribution in [0.25, 0.3) is 67.5 Å². The molecule has 0 saturated heterocycles. The van der Waals surface area contributed by atoms with Gasteiger partial charge in [0.05, 0.1) is 11.1 Å². The van der Waals surface area contributed by atoms with E-state index in [1.165, 1.54) is 66.8 Å². The van der Waals surface area contributed by atoms with Gasteiger partial charge in [-0.2, -0.15) is 0 Å². The van der Waals surface area contributed by atoms with Crippen molar-refractivity contribution < 1.29 is 4.42 Å². The standard InChI is InChI=1S/C57H37NO/c1-2-14-38(15-3-1)39-30-34-43(35-31-39)58(53-26-13-21-47-46-18-7-11-27-54(46)59-56(47)53)44-36-32-40(33-37-44)45-20-12-25-52-55(45)48-19-6-10-24-51(48)57(52)49-22-8-4-16-41(49)28-29-42-17-5-9-23-50(42)57/h1-37H. The molecule has 1 spiro atoms. The van der Waals surface area contributed by atoms with E-state index >= 15 is 0 Å². The van der Waals surface area contributed by atoms with Gasteiger partial charge in [0.25, 0.3) is 0 Å². The number of anilines is 3. The predicted octanol–water partition coefficient (Wildman–Crippen LogP) is 15.2. The van der Waals surface area contributed by atoms with Crippen LogP contribution < -0.4 is 4.90 Å². The summed E-state index contributed by atoms with van der Waals surface area (Å²) in [5.41, 5.74) is 19.5. The van der Waals surface area contributed by atoms with Gasteiger partial charge in [0.15, 0.2) is 5.58 Å². The van der Waals surface area contributed by atoms with Gasteiger partial charge in [0, 0.05) is 22.1 Å². The number of fused-ring (bicyclic) bond motifs is 12. The first kappa shape index (κ1) is 33.5. The zero-order valence-corrected chi connectivity index (χ0v) is 32.2. The number of rotatable bonds is 5. The number of hydrogen-bond acceptors (Lipinski definition) is 2. The number of para-hydroxylation sites is 2. The molecule has 276 valence electrons. The number of benzene rings is 9. The Hall–Kier alpha value is -7.68. The van der Waals surface area contributed by atoms with Gasteiger partial charge in [0.1, 0.15) is 5.58 Å². The molecule has 0 atom stereocenters. The monoisotopic (exact) mass is 751 g/mol. The lowest BCUT2D eigenvalue weighted by Gasteiger charge is -2.35. The van der Waals surface area contributed by atoms with E-state index in [1.807, 2.05) is 6.07 Å². The molecule has 0 N–H and O–H groups in total. The molecule has 10 aromatic rings. The second-order valence-corrected chi connectivity index (χ2v) is 15.6. The van der Waals surface area contributed by atoms with Crippen LogP contribution in [0.4, 0.5) is 17.1 Å². The number of hydrogen-bond donors (Lipinski definition) is 0. The highest BCUT2D eigenvalue weighted by atomic mass is 16.3. The Morgan fingerprint density at radius 1 is 0.356 bits per heavy atom. The largest absolute Gasteiger partial charge is 0.454 e. The van der Waals surface area contributed by atoms with Crippen LogP contribution >= 0.6 is 0 Å². The predicted molar refractivity (Wildman–Crippen MR) is 246 cm³/mol. The van der Waals surface area contributed by atoms with Crippen LogP contribution in [0.5, 0.6) is 0 Å². The van der Waals surface area contributed by atoms with E-state index < -0.39 is 5.41 Å². The SMILES string of the molecule is C1=Cc2ccccc2C2(c3ccccc31)c1ccccc1-c1c(-c3ccc(N(c4ccc(-c5ccccc5)cc4)c4cccc5c4oc4ccccc45)cc3)cccc12. The molecule has 0 unspecified atom stereocenters. The summed E-state index contributed by atoms with van der Waals surface area (Å²) in [5, 5.41) is 2.22. The van der Waals surface area contributed by atoms with Crippen molar-refractivity contribution in [3.8, 4) is 33.4 Å². The van der Waals surface area contributed by atoms with Gasteiger partial charge in [-0.25, -0.2) is 0 Å². The fourth-order valence-electron chi connectivity index (χ4n) is 10.0. The summed E-state index contributed by atoms with van der Waals surface area (Å²) in [7, 11) is 0. The zero-order valence-electron chi connectivity index (χ0n) is 32.2. The van der Waals surface area contributed by atoms with Gasteiger partial charge in [-0.3, -0.25) is 0 Å². The summed E-state index contributed by atoms with van der Waals surface area (Å²) in [5.74, 6) is 0. The quantitative estimate of drug-likeness (QED) is 0.174. The fourth-order valence-corrected chi connectivity index (χ4v) is 10.0. The molecule has 59 heavy (non-hydrogen) atoms. The minimum Gasteiger partial charge on any atom is -0.454 e. The van der Waals surface area contributed by atoms with Crippen molar-refractivity contribution in [2.75, 3.05) is 4.90 Å². The minimum atomic E-state index is -0.466. The van der Waals surface area contributed by atoms with Crippen LogP contribution in [0.1, 0.15) is 33.4 Å². The summed E-state index contributed by atoms with van der Waals surface area (Å²) < 4.78 is 6.64. The molecule has 1 aromatic heterocycles. The zero-order chi connectivity index (χ0) is 38.9. The van der Waals surface area contributed by atoms with Crippen molar-refractivity contribution in [3.05, 3.63) is 246 Å². The summed E-state index contributed by atoms with van der Waals surface area (Å²) in [6.45, 7) is 0. The molecule has 0 aliphatic heterocycles. The third kappa shape index (κ3) is 5.00. The van der Waals surface area contributed by atoms with Gasteiger partial charge in [-0.1, -0.05) is 188 Å². The summed E-state index contributed by atoms with van der Waals surface area (Å²) in [4.78, 5) is 2.33. The third-order valence-electron chi connectivity index (χ3n) is 12.5. The Morgan fingerprint density at radius 3 is 1.61 bits per heavy atom. The lowest BCUT2D eigenvalue weighted by atomic mass is 9.66. The molecule has 0 saturated carbocycles. The maximum absolute atomic E-state index is 6.64. The summed E-state index contributed by atoms with van der Waals surface area (Å²) in [6, 6.07) is 77.1. The fraction of sp³-hybridized carbons (Fsp3) is 0.0175. The van der Waals surface area contributed by atoms with E-state index in [4.69, 9.17) is 4.42 Å². The molecule has 1 heterocycles. The molecular weight excluding hydrogens is 715 g/mol. The smallest absolute Gasteiger partial charge is 0.159 e. The molecule has 0 bridgehead atoms. The molecule has 2 nitrogen and oxygen atoms in total. The highest BCUT2D eigenvalue weighted by Gasteiger charge is 2.49. The van der Waals surface area contributed by atoms with E-state index in [1.54, 1.807) is 0 Å². The molecule has 2 aliphatic carbocycles. The second-order valence-electron chi connectivity index (χ2n) is 15.6. The van der Waals surface area contributed by atoms with E-state index in [0.717, 1.165) is 39.0 Å². The van der Waals surface area contributed by atoms with E-state index in [0.29, 0.717) is 0 Å². The summed E-state index contributed by atoms with van der Waals surface area (Å²) >= 11 is 0. The van der Waals surface area contributed by atoms with Crippen molar-refractivity contribution >= 4 is 51.2 Å². The number of furan rings is 1. The van der Waals surface area contributed by atoms with Crippen LogP contribution in [0, 0.1) is 0 Å². The first-order valence-electron chi connectivity index (χ1n) is 20.3. The van der Waals surface area contributed by atoms with Crippen LogP contribution in [0.3, 0.4) is 0 Å². The van der Waals surface area contributed by atoms with Gasteiger partial charge in [-0.05, 0) is 103 Å². The molecule has 2 aliphatic rings. The molecule has 2 heteroatoms. The molecule has 12 rings (SSSR count). The van der Waals surface area contributed by atoms with Crippen LogP contribution in [-0.4, -0.2) is 0 Å². The average molecular weight is 752 g/mol. The Balaban J connectivity index is 1.04. The van der Waals surface area contributed by atoms with Gasteiger partial charge >= 0.3 is 0 Å². The average Bonchev–Trinajstić information content (AvgIpc) is 3.79. The van der Waals surface area contributed by atoms with E-state index in [2.05, 4.69) is 223 Å². The third-order valence-corrected chi connectivity index (χ3v) is 12.5. The van der Waals surface area contributed by atoms with Gasteiger partial charge in [0.2, 0.25) is 0 Å². The van der Waals surface area contributed by atoms with Gasteiger partial charge < -0.3 is 9.32 Å². The molecule has 0 amide bonds. The minimum absolute atomic E-state index is 0.466. The highest BCUT2D eigenvalue weighted by molar-refractivity contribution is 6.10. The lowest BCUT2D eigenvalue weighted by Crippen LogP contribution is -2.29. The molecule has 0 fully saturated rings. The Bertz CT molecular complexity index is 3210. The maximum atomic E-state index is 6.64. The molecule has 0 radical (unpaired) electrons. The van der Waals surface area contributed by atoms with Gasteiger partial charge in [-0.15, -0.1) is 0 Å². The van der Waals surface area contributed by atoms with Crippen LogP contribution in [-0.2, 0) is 5.41 Å². The lowest BCUT2D eigenvalue weighted by molar-refractivity contribution is 0.669. The number of nitrogens with zero attached hydrogens (tertiary/aromatic N) is 1. The molecular formula is C57H37NO. The molecule has 9 aromatic carbocycles. The van der Waals surface area contributed by atoms with Crippen molar-refractivity contribution in [2.45, 2.75) is 5.41 Å². The highest BCUT2D eigenvalue weighted by Crippen LogP contribution is 2.60. The Kier molecular flexibility index (Phi) is 7.48. The summed E-state index contributed by atoms with van der Waals surface area (Å²) in [6.07, 6.45) is 4.58. The van der Waals surface area contributed by atoms with Crippen LogP contribution in [0.2, 0.25) is 0 Å². The van der Waals surface area contributed by atoms with Crippen molar-refractivity contribution in [2.24, 2.45) is 0 Å². The van der Waals surface area contributed by atoms with Crippen molar-refractivity contribution in [3.63, 3.8) is 0 Å². The van der Waals surface area contributed by atoms with Crippen molar-refractivity contribution in [1.82, 2.24) is 0 Å². The van der Waals surface area contributed by atoms with Crippen LogP contribution in [0.15, 0.2) is 217 Å². The first-order chi connectivity index (χ1) is 29.3. The topological polar surface area (TPSA) is 16.4 Å². The van der Waals surface area contributed by atoms with Crippen molar-refractivity contribution in [1.29, 1.82) is 0 Å². The van der Waals surface area contributed by atoms with E-state index in [9.17, 15) is 0 Å². The maximum Gasteiger partial charge on any atom is 0.159 e. The normalized spacial score (nSPS) is 13.2. The van der Waals surface area contributed by atoms with E-state index in [-0.39, 0.29) is 0 Å².